The molecule has 3 rings (SSSR count). The lowest BCUT2D eigenvalue weighted by molar-refractivity contribution is -0.156. The Labute approximate surface area is 140 Å². The van der Waals surface area contributed by atoms with E-state index in [0.29, 0.717) is 5.69 Å². The second kappa shape index (κ2) is 6.71. The molecule has 0 aliphatic rings. The number of hydrogen-bond donors (Lipinski definition) is 1. The van der Waals surface area contributed by atoms with Crippen LogP contribution in [0.2, 0.25) is 0 Å². The lowest BCUT2D eigenvalue weighted by Crippen LogP contribution is -2.38. The first-order chi connectivity index (χ1) is 11.9. The summed E-state index contributed by atoms with van der Waals surface area (Å²) in [6, 6.07) is 10.6. The number of amides is 1. The molecule has 0 bridgehead atoms. The molecular formula is C16H12F3N5O. The SMILES string of the molecule is O=C(NC(c1ccccn1)C(F)(F)F)c1cn(-c2ccccc2)nn1. The van der Waals surface area contributed by atoms with Gasteiger partial charge in [-0.1, -0.05) is 29.5 Å². The van der Waals surface area contributed by atoms with Crippen molar-refractivity contribution in [2.24, 2.45) is 0 Å². The maximum atomic E-state index is 13.3. The molecule has 9 heteroatoms. The van der Waals surface area contributed by atoms with Gasteiger partial charge in [-0.3, -0.25) is 9.78 Å². The maximum Gasteiger partial charge on any atom is 0.414 e. The normalized spacial score (nSPS) is 12.6. The first-order valence-electron chi connectivity index (χ1n) is 7.21. The van der Waals surface area contributed by atoms with Crippen molar-refractivity contribution in [1.29, 1.82) is 0 Å². The van der Waals surface area contributed by atoms with Gasteiger partial charge in [0.1, 0.15) is 0 Å². The van der Waals surface area contributed by atoms with Crippen LogP contribution in [0.4, 0.5) is 13.2 Å². The van der Waals surface area contributed by atoms with Crippen molar-refractivity contribution in [3.8, 4) is 5.69 Å². The first-order valence-corrected chi connectivity index (χ1v) is 7.21. The third-order valence-corrected chi connectivity index (χ3v) is 3.33. The predicted molar refractivity (Wildman–Crippen MR) is 81.9 cm³/mol. The highest BCUT2D eigenvalue weighted by Crippen LogP contribution is 2.31. The summed E-state index contributed by atoms with van der Waals surface area (Å²) in [5.41, 5.74) is 0.0963. The molecule has 0 spiro atoms. The summed E-state index contributed by atoms with van der Waals surface area (Å²) in [5, 5.41) is 9.31. The van der Waals surface area contributed by atoms with Crippen LogP contribution >= 0.6 is 0 Å². The van der Waals surface area contributed by atoms with Crippen LogP contribution in [0.3, 0.4) is 0 Å². The van der Waals surface area contributed by atoms with Crippen LogP contribution in [-0.4, -0.2) is 32.1 Å². The fourth-order valence-electron chi connectivity index (χ4n) is 2.15. The van der Waals surface area contributed by atoms with Gasteiger partial charge in [-0.25, -0.2) is 4.68 Å². The van der Waals surface area contributed by atoms with Gasteiger partial charge >= 0.3 is 6.18 Å². The van der Waals surface area contributed by atoms with Crippen LogP contribution in [0.15, 0.2) is 60.9 Å². The number of nitrogens with one attached hydrogen (secondary N) is 1. The second-order valence-corrected chi connectivity index (χ2v) is 5.09. The summed E-state index contributed by atoms with van der Waals surface area (Å²) in [4.78, 5) is 15.8. The number of rotatable bonds is 4. The third kappa shape index (κ3) is 3.82. The molecule has 3 aromatic rings. The number of nitrogens with zero attached hydrogens (tertiary/aromatic N) is 4. The molecule has 1 aromatic carbocycles. The number of pyridine rings is 1. The number of aromatic nitrogens is 4. The van der Waals surface area contributed by atoms with E-state index in [2.05, 4.69) is 15.3 Å². The van der Waals surface area contributed by atoms with E-state index in [1.54, 1.807) is 30.3 Å². The van der Waals surface area contributed by atoms with Crippen LogP contribution in [0, 0.1) is 0 Å². The fourth-order valence-corrected chi connectivity index (χ4v) is 2.15. The Morgan fingerprint density at radius 2 is 1.80 bits per heavy atom. The zero-order chi connectivity index (χ0) is 17.9. The third-order valence-electron chi connectivity index (χ3n) is 3.33. The Bertz CT molecular complexity index is 849. The van der Waals surface area contributed by atoms with Crippen LogP contribution in [0.5, 0.6) is 0 Å². The average Bonchev–Trinajstić information content (AvgIpc) is 3.10. The Morgan fingerprint density at radius 1 is 1.08 bits per heavy atom. The van der Waals surface area contributed by atoms with Crippen LogP contribution in [0.1, 0.15) is 22.2 Å². The number of carbonyl (C=O) groups is 1. The zero-order valence-corrected chi connectivity index (χ0v) is 12.7. The molecule has 25 heavy (non-hydrogen) atoms. The average molecular weight is 347 g/mol. The van der Waals surface area contributed by atoms with E-state index in [1.165, 1.54) is 35.3 Å². The molecule has 0 saturated carbocycles. The summed E-state index contributed by atoms with van der Waals surface area (Å²) < 4.78 is 41.1. The summed E-state index contributed by atoms with van der Waals surface area (Å²) in [5.74, 6) is -0.991. The molecule has 0 aliphatic carbocycles. The smallest absolute Gasteiger partial charge is 0.334 e. The number of halogens is 3. The van der Waals surface area contributed by atoms with Crippen molar-refractivity contribution in [1.82, 2.24) is 25.3 Å². The first kappa shape index (κ1) is 16.6. The Hall–Kier alpha value is -3.23. The minimum absolute atomic E-state index is 0.228. The number of benzene rings is 1. The largest absolute Gasteiger partial charge is 0.414 e. The lowest BCUT2D eigenvalue weighted by atomic mass is 10.1. The van der Waals surface area contributed by atoms with Gasteiger partial charge in [0.15, 0.2) is 11.7 Å². The number of alkyl halides is 3. The molecule has 2 heterocycles. The van der Waals surface area contributed by atoms with E-state index in [9.17, 15) is 18.0 Å². The van der Waals surface area contributed by atoms with Gasteiger partial charge in [0.05, 0.1) is 17.6 Å². The standard InChI is InChI=1S/C16H12F3N5O/c17-16(18,19)14(12-8-4-5-9-20-12)21-15(25)13-10-24(23-22-13)11-6-2-1-3-7-11/h1-10,14H,(H,21,25). The predicted octanol–water partition coefficient (Wildman–Crippen LogP) is 2.70. The minimum atomic E-state index is -4.70. The molecule has 0 radical (unpaired) electrons. The maximum absolute atomic E-state index is 13.3. The number of carbonyl (C=O) groups excluding carboxylic acids is 1. The summed E-state index contributed by atoms with van der Waals surface area (Å²) in [6.45, 7) is 0. The molecule has 0 aliphatic heterocycles. The highest BCUT2D eigenvalue weighted by molar-refractivity contribution is 5.92. The highest BCUT2D eigenvalue weighted by atomic mass is 19.4. The second-order valence-electron chi connectivity index (χ2n) is 5.09. The summed E-state index contributed by atoms with van der Waals surface area (Å²) >= 11 is 0. The van der Waals surface area contributed by atoms with Gasteiger partial charge in [-0.15, -0.1) is 5.10 Å². The van der Waals surface area contributed by atoms with Crippen molar-refractivity contribution in [2.75, 3.05) is 0 Å². The van der Waals surface area contributed by atoms with Crippen molar-refractivity contribution in [3.63, 3.8) is 0 Å². The Balaban J connectivity index is 1.82. The van der Waals surface area contributed by atoms with Gasteiger partial charge in [-0.05, 0) is 24.3 Å². The van der Waals surface area contributed by atoms with E-state index in [4.69, 9.17) is 0 Å². The molecule has 1 N–H and O–H groups in total. The zero-order valence-electron chi connectivity index (χ0n) is 12.7. The van der Waals surface area contributed by atoms with Crippen molar-refractivity contribution >= 4 is 5.91 Å². The van der Waals surface area contributed by atoms with Crippen molar-refractivity contribution in [2.45, 2.75) is 12.2 Å². The van der Waals surface area contributed by atoms with E-state index in [-0.39, 0.29) is 11.4 Å². The molecule has 1 atom stereocenters. The van der Waals surface area contributed by atoms with Gasteiger partial charge in [0.2, 0.25) is 0 Å². The van der Waals surface area contributed by atoms with Crippen molar-refractivity contribution < 1.29 is 18.0 Å². The number of para-hydroxylation sites is 1. The van der Waals surface area contributed by atoms with E-state index in [1.807, 2.05) is 5.32 Å². The van der Waals surface area contributed by atoms with Gasteiger partial charge in [0, 0.05) is 6.20 Å². The number of hydrogen-bond acceptors (Lipinski definition) is 4. The molecule has 0 saturated heterocycles. The van der Waals surface area contributed by atoms with E-state index in [0.717, 1.165) is 0 Å². The molecule has 1 amide bonds. The van der Waals surface area contributed by atoms with Crippen LogP contribution in [0.25, 0.3) is 5.69 Å². The van der Waals surface area contributed by atoms with Crippen molar-refractivity contribution in [3.05, 3.63) is 72.3 Å². The Morgan fingerprint density at radius 3 is 2.44 bits per heavy atom. The van der Waals surface area contributed by atoms with Crippen LogP contribution < -0.4 is 5.32 Å². The lowest BCUT2D eigenvalue weighted by Gasteiger charge is -2.20. The quantitative estimate of drug-likeness (QED) is 0.788. The van der Waals surface area contributed by atoms with E-state index < -0.39 is 18.1 Å². The molecular weight excluding hydrogens is 335 g/mol. The molecule has 1 unspecified atom stereocenters. The van der Waals surface area contributed by atoms with Crippen LogP contribution in [-0.2, 0) is 0 Å². The van der Waals surface area contributed by atoms with Gasteiger partial charge in [-0.2, -0.15) is 13.2 Å². The summed E-state index contributed by atoms with van der Waals surface area (Å²) in [6.07, 6.45) is -2.21. The van der Waals surface area contributed by atoms with E-state index >= 15 is 0 Å². The fraction of sp³-hybridized carbons (Fsp3) is 0.125. The van der Waals surface area contributed by atoms with Gasteiger partial charge < -0.3 is 5.32 Å². The monoisotopic (exact) mass is 347 g/mol. The topological polar surface area (TPSA) is 72.7 Å². The Kier molecular flexibility index (Phi) is 4.46. The summed E-state index contributed by atoms with van der Waals surface area (Å²) in [7, 11) is 0. The highest BCUT2D eigenvalue weighted by Gasteiger charge is 2.43. The molecule has 2 aromatic heterocycles. The molecule has 0 fully saturated rings. The molecule has 6 nitrogen and oxygen atoms in total. The minimum Gasteiger partial charge on any atom is -0.334 e. The molecule has 128 valence electrons. The van der Waals surface area contributed by atoms with Gasteiger partial charge in [0.25, 0.3) is 5.91 Å².